The number of carbonyl (C=O) groups excluding carboxylic acids is 1. The van der Waals surface area contributed by atoms with Gasteiger partial charge in [-0.05, 0) is 26.8 Å². The lowest BCUT2D eigenvalue weighted by atomic mass is 10.1. The van der Waals surface area contributed by atoms with E-state index in [1.54, 1.807) is 19.1 Å². The lowest BCUT2D eigenvalue weighted by molar-refractivity contribution is -0.130. The first-order valence-corrected chi connectivity index (χ1v) is 4.00. The predicted molar refractivity (Wildman–Crippen MR) is 48.4 cm³/mol. The summed E-state index contributed by atoms with van der Waals surface area (Å²) in [7, 11) is 0. The largest absolute Gasteiger partial charge is 0.446 e. The molecule has 1 rings (SSSR count). The maximum absolute atomic E-state index is 11.2. The van der Waals surface area contributed by atoms with Crippen molar-refractivity contribution in [1.82, 2.24) is 0 Å². The standard InChI is InChI=1S/C9H13NO3/c1-6-4-5-7(13-6)10-8(11)9(2,3)12/h4-5,12H,1-3H3,(H,10,11). The van der Waals surface area contributed by atoms with Gasteiger partial charge in [0.05, 0.1) is 0 Å². The van der Waals surface area contributed by atoms with Gasteiger partial charge in [-0.3, -0.25) is 10.1 Å². The third kappa shape index (κ3) is 2.59. The Morgan fingerprint density at radius 3 is 2.54 bits per heavy atom. The quantitative estimate of drug-likeness (QED) is 0.726. The summed E-state index contributed by atoms with van der Waals surface area (Å²) in [6.45, 7) is 4.61. The Kier molecular flexibility index (Phi) is 2.43. The molecule has 0 atom stereocenters. The van der Waals surface area contributed by atoms with Gasteiger partial charge in [-0.2, -0.15) is 0 Å². The Balaban J connectivity index is 2.65. The first kappa shape index (κ1) is 9.80. The highest BCUT2D eigenvalue weighted by Gasteiger charge is 2.24. The molecule has 1 aromatic heterocycles. The zero-order valence-corrected chi connectivity index (χ0v) is 7.92. The normalized spacial score (nSPS) is 11.4. The van der Waals surface area contributed by atoms with E-state index in [0.29, 0.717) is 11.6 Å². The topological polar surface area (TPSA) is 62.5 Å². The molecule has 0 saturated carbocycles. The van der Waals surface area contributed by atoms with Crippen molar-refractivity contribution in [2.24, 2.45) is 0 Å². The minimum Gasteiger partial charge on any atom is -0.446 e. The number of carbonyl (C=O) groups is 1. The fourth-order valence-corrected chi connectivity index (χ4v) is 0.767. The molecule has 13 heavy (non-hydrogen) atoms. The van der Waals surface area contributed by atoms with E-state index >= 15 is 0 Å². The van der Waals surface area contributed by atoms with Crippen molar-refractivity contribution < 1.29 is 14.3 Å². The van der Waals surface area contributed by atoms with Crippen molar-refractivity contribution in [1.29, 1.82) is 0 Å². The molecule has 0 aliphatic carbocycles. The molecular weight excluding hydrogens is 170 g/mol. The van der Waals surface area contributed by atoms with E-state index in [2.05, 4.69) is 5.32 Å². The maximum atomic E-state index is 11.2. The summed E-state index contributed by atoms with van der Waals surface area (Å²) in [4.78, 5) is 11.2. The molecule has 0 aromatic carbocycles. The van der Waals surface area contributed by atoms with Gasteiger partial charge < -0.3 is 9.52 Å². The molecule has 1 amide bonds. The van der Waals surface area contributed by atoms with Crippen LogP contribution < -0.4 is 5.32 Å². The Morgan fingerprint density at radius 2 is 2.15 bits per heavy atom. The van der Waals surface area contributed by atoms with Crippen molar-refractivity contribution in [2.75, 3.05) is 5.32 Å². The van der Waals surface area contributed by atoms with Crippen LogP contribution in [0.25, 0.3) is 0 Å². The molecule has 0 spiro atoms. The average molecular weight is 183 g/mol. The zero-order valence-electron chi connectivity index (χ0n) is 7.92. The lowest BCUT2D eigenvalue weighted by Gasteiger charge is -2.14. The van der Waals surface area contributed by atoms with E-state index in [-0.39, 0.29) is 0 Å². The summed E-state index contributed by atoms with van der Waals surface area (Å²) in [5.74, 6) is 0.581. The van der Waals surface area contributed by atoms with E-state index in [0.717, 1.165) is 0 Å². The van der Waals surface area contributed by atoms with Crippen LogP contribution in [0.5, 0.6) is 0 Å². The van der Waals surface area contributed by atoms with Gasteiger partial charge in [-0.15, -0.1) is 0 Å². The molecule has 1 aromatic rings. The number of nitrogens with one attached hydrogen (secondary N) is 1. The van der Waals surface area contributed by atoms with Crippen LogP contribution in [0.2, 0.25) is 0 Å². The number of aliphatic hydroxyl groups is 1. The summed E-state index contributed by atoms with van der Waals surface area (Å²) in [5, 5.41) is 11.7. The Bertz CT molecular complexity index is 309. The number of rotatable bonds is 2. The number of furan rings is 1. The van der Waals surface area contributed by atoms with Crippen LogP contribution in [0.15, 0.2) is 16.5 Å². The van der Waals surface area contributed by atoms with Crippen LogP contribution in [-0.2, 0) is 4.79 Å². The lowest BCUT2D eigenvalue weighted by Crippen LogP contribution is -2.36. The third-order valence-corrected chi connectivity index (χ3v) is 1.53. The van der Waals surface area contributed by atoms with Gasteiger partial charge in [0.25, 0.3) is 5.91 Å². The van der Waals surface area contributed by atoms with Gasteiger partial charge in [0.1, 0.15) is 11.4 Å². The molecule has 0 radical (unpaired) electrons. The minimum atomic E-state index is -1.39. The Morgan fingerprint density at radius 1 is 1.54 bits per heavy atom. The first-order valence-electron chi connectivity index (χ1n) is 4.00. The minimum absolute atomic E-state index is 0.352. The summed E-state index contributed by atoms with van der Waals surface area (Å²) < 4.78 is 5.11. The highest BCUT2D eigenvalue weighted by molar-refractivity contribution is 5.95. The molecule has 0 saturated heterocycles. The molecule has 0 aliphatic rings. The zero-order chi connectivity index (χ0) is 10.1. The number of amides is 1. The van der Waals surface area contributed by atoms with Crippen LogP contribution in [0.1, 0.15) is 19.6 Å². The van der Waals surface area contributed by atoms with Crippen molar-refractivity contribution >= 4 is 11.8 Å². The van der Waals surface area contributed by atoms with Gasteiger partial charge in [-0.1, -0.05) is 0 Å². The third-order valence-electron chi connectivity index (χ3n) is 1.53. The number of hydrogen-bond donors (Lipinski definition) is 2. The van der Waals surface area contributed by atoms with Crippen molar-refractivity contribution in [2.45, 2.75) is 26.4 Å². The fraction of sp³-hybridized carbons (Fsp3) is 0.444. The van der Waals surface area contributed by atoms with Gasteiger partial charge in [0.2, 0.25) is 0 Å². The molecule has 0 fully saturated rings. The molecule has 0 aliphatic heterocycles. The molecule has 72 valence electrons. The second-order valence-corrected chi connectivity index (χ2v) is 3.42. The Hall–Kier alpha value is -1.29. The Labute approximate surface area is 76.6 Å². The van der Waals surface area contributed by atoms with Gasteiger partial charge in [-0.25, -0.2) is 0 Å². The first-order chi connectivity index (χ1) is 5.89. The SMILES string of the molecule is Cc1ccc(NC(=O)C(C)(C)O)o1. The fourth-order valence-electron chi connectivity index (χ4n) is 0.767. The molecule has 1 heterocycles. The van der Waals surface area contributed by atoms with Crippen LogP contribution in [0.3, 0.4) is 0 Å². The van der Waals surface area contributed by atoms with Crippen LogP contribution in [-0.4, -0.2) is 16.6 Å². The highest BCUT2D eigenvalue weighted by atomic mass is 16.4. The second-order valence-electron chi connectivity index (χ2n) is 3.42. The maximum Gasteiger partial charge on any atom is 0.258 e. The van der Waals surface area contributed by atoms with Gasteiger partial charge in [0, 0.05) is 6.07 Å². The van der Waals surface area contributed by atoms with E-state index < -0.39 is 11.5 Å². The van der Waals surface area contributed by atoms with Crippen LogP contribution in [0.4, 0.5) is 5.88 Å². The molecule has 0 unspecified atom stereocenters. The monoisotopic (exact) mass is 183 g/mol. The molecule has 2 N–H and O–H groups in total. The van der Waals surface area contributed by atoms with Crippen LogP contribution in [0, 0.1) is 6.92 Å². The van der Waals surface area contributed by atoms with Crippen molar-refractivity contribution in [3.63, 3.8) is 0 Å². The number of hydrogen-bond acceptors (Lipinski definition) is 3. The summed E-state index contributed by atoms with van der Waals surface area (Å²) in [6, 6.07) is 3.37. The van der Waals surface area contributed by atoms with Crippen molar-refractivity contribution in [3.8, 4) is 0 Å². The number of anilines is 1. The number of aryl methyl sites for hydroxylation is 1. The summed E-state index contributed by atoms with van der Waals surface area (Å²) >= 11 is 0. The van der Waals surface area contributed by atoms with Gasteiger partial charge >= 0.3 is 0 Å². The molecule has 0 bridgehead atoms. The van der Waals surface area contributed by atoms with E-state index in [1.807, 2.05) is 0 Å². The molecule has 4 nitrogen and oxygen atoms in total. The van der Waals surface area contributed by atoms with Crippen LogP contribution >= 0.6 is 0 Å². The van der Waals surface area contributed by atoms with Crippen molar-refractivity contribution in [3.05, 3.63) is 17.9 Å². The highest BCUT2D eigenvalue weighted by Crippen LogP contribution is 2.14. The van der Waals surface area contributed by atoms with E-state index in [9.17, 15) is 9.90 Å². The molecule has 4 heteroatoms. The summed E-state index contributed by atoms with van der Waals surface area (Å²) in [5.41, 5.74) is -1.39. The van der Waals surface area contributed by atoms with E-state index in [4.69, 9.17) is 4.42 Å². The predicted octanol–water partition coefficient (Wildman–Crippen LogP) is 1.30. The molecular formula is C9H13NO3. The summed E-state index contributed by atoms with van der Waals surface area (Å²) in [6.07, 6.45) is 0. The van der Waals surface area contributed by atoms with Gasteiger partial charge in [0.15, 0.2) is 5.88 Å². The van der Waals surface area contributed by atoms with E-state index in [1.165, 1.54) is 13.8 Å². The average Bonchev–Trinajstić information content (AvgIpc) is 2.33. The smallest absolute Gasteiger partial charge is 0.258 e. The second kappa shape index (κ2) is 3.22.